The van der Waals surface area contributed by atoms with E-state index in [2.05, 4.69) is 0 Å². The fourth-order valence-corrected chi connectivity index (χ4v) is 2.95. The lowest BCUT2D eigenvalue weighted by atomic mass is 9.79. The van der Waals surface area contributed by atoms with E-state index in [1.54, 1.807) is 12.1 Å². The average molecular weight is 300 g/mol. The third kappa shape index (κ3) is 2.35. The Balaban J connectivity index is 2.01. The molecule has 114 valence electrons. The molecule has 1 unspecified atom stereocenters. The smallest absolute Gasteiger partial charge is 0.167 e. The highest BCUT2D eigenvalue weighted by atomic mass is 16.5. The molecule has 1 aliphatic rings. The van der Waals surface area contributed by atoms with Crippen molar-refractivity contribution in [3.63, 3.8) is 0 Å². The van der Waals surface area contributed by atoms with Gasteiger partial charge in [-0.2, -0.15) is 0 Å². The van der Waals surface area contributed by atoms with Crippen LogP contribution in [-0.4, -0.2) is 28.2 Å². The highest BCUT2D eigenvalue weighted by Crippen LogP contribution is 2.40. The normalized spacial score (nSPS) is 17.1. The van der Waals surface area contributed by atoms with Crippen LogP contribution in [0.25, 0.3) is 0 Å². The van der Waals surface area contributed by atoms with Crippen molar-refractivity contribution in [1.29, 1.82) is 0 Å². The first-order valence-corrected chi connectivity index (χ1v) is 6.94. The van der Waals surface area contributed by atoms with Crippen molar-refractivity contribution < 1.29 is 24.9 Å². The minimum Gasteiger partial charge on any atom is -0.507 e. The van der Waals surface area contributed by atoms with E-state index in [9.17, 15) is 20.1 Å². The van der Waals surface area contributed by atoms with Gasteiger partial charge in [-0.3, -0.25) is 4.79 Å². The van der Waals surface area contributed by atoms with Gasteiger partial charge in [0.2, 0.25) is 0 Å². The van der Waals surface area contributed by atoms with Crippen molar-refractivity contribution in [3.05, 3.63) is 47.0 Å². The molecule has 2 aromatic rings. The van der Waals surface area contributed by atoms with Gasteiger partial charge in [0.25, 0.3) is 0 Å². The molecule has 1 atom stereocenters. The number of rotatable bonds is 2. The van der Waals surface area contributed by atoms with Crippen LogP contribution in [-0.2, 0) is 6.42 Å². The van der Waals surface area contributed by atoms with E-state index >= 15 is 0 Å². The Hall–Kier alpha value is -2.69. The molecule has 0 heterocycles. The minimum atomic E-state index is -0.204. The summed E-state index contributed by atoms with van der Waals surface area (Å²) in [5, 5.41) is 29.0. The zero-order valence-corrected chi connectivity index (χ0v) is 12.0. The summed E-state index contributed by atoms with van der Waals surface area (Å²) in [7, 11) is 1.50. The van der Waals surface area contributed by atoms with Crippen LogP contribution in [0.2, 0.25) is 0 Å². The van der Waals surface area contributed by atoms with Crippen LogP contribution in [0.15, 0.2) is 30.3 Å². The summed E-state index contributed by atoms with van der Waals surface area (Å²) < 4.78 is 5.13. The van der Waals surface area contributed by atoms with E-state index in [0.717, 1.165) is 11.1 Å². The highest BCUT2D eigenvalue weighted by Gasteiger charge is 2.29. The van der Waals surface area contributed by atoms with Crippen LogP contribution in [0.5, 0.6) is 23.0 Å². The predicted octanol–water partition coefficient (Wildman–Crippen LogP) is 2.72. The van der Waals surface area contributed by atoms with Crippen molar-refractivity contribution in [1.82, 2.24) is 0 Å². The van der Waals surface area contributed by atoms with Gasteiger partial charge in [0.05, 0.1) is 12.7 Å². The molecule has 0 fully saturated rings. The van der Waals surface area contributed by atoms with Crippen LogP contribution in [0.3, 0.4) is 0 Å². The zero-order chi connectivity index (χ0) is 15.9. The first-order valence-electron chi connectivity index (χ1n) is 6.94. The van der Waals surface area contributed by atoms with Crippen LogP contribution in [0, 0.1) is 0 Å². The van der Waals surface area contributed by atoms with E-state index in [1.165, 1.54) is 25.3 Å². The summed E-state index contributed by atoms with van der Waals surface area (Å²) in [6.07, 6.45) is 0.799. The fraction of sp³-hybridized carbons (Fsp3) is 0.235. The van der Waals surface area contributed by atoms with Gasteiger partial charge in [-0.05, 0) is 41.7 Å². The van der Waals surface area contributed by atoms with Gasteiger partial charge in [0.15, 0.2) is 17.3 Å². The molecule has 0 saturated heterocycles. The molecule has 2 aromatic carbocycles. The molecule has 1 aliphatic carbocycles. The van der Waals surface area contributed by atoms with Gasteiger partial charge < -0.3 is 20.1 Å². The van der Waals surface area contributed by atoms with Crippen molar-refractivity contribution in [2.45, 2.75) is 18.8 Å². The molecular weight excluding hydrogens is 284 g/mol. The summed E-state index contributed by atoms with van der Waals surface area (Å²) in [6, 6.07) is 7.76. The van der Waals surface area contributed by atoms with E-state index in [-0.39, 0.29) is 35.4 Å². The van der Waals surface area contributed by atoms with Gasteiger partial charge >= 0.3 is 0 Å². The first-order chi connectivity index (χ1) is 10.5. The molecule has 0 spiro atoms. The highest BCUT2D eigenvalue weighted by molar-refractivity contribution is 6.01. The Kier molecular flexibility index (Phi) is 3.41. The molecule has 3 rings (SSSR count). The average Bonchev–Trinajstić information content (AvgIpc) is 2.49. The molecule has 5 nitrogen and oxygen atoms in total. The molecule has 0 saturated carbocycles. The minimum absolute atomic E-state index is 0.0636. The summed E-state index contributed by atoms with van der Waals surface area (Å²) >= 11 is 0. The van der Waals surface area contributed by atoms with Crippen LogP contribution >= 0.6 is 0 Å². The number of fused-ring (bicyclic) bond motifs is 1. The maximum absolute atomic E-state index is 12.3. The number of Topliss-reactive ketones (excluding diaryl/α,β-unsaturated/α-hetero) is 1. The Morgan fingerprint density at radius 1 is 1.00 bits per heavy atom. The standard InChI is InChI=1S/C17H16O5/c1-22-12-5-11-4-10(7-15(20)17(11)16(21)8-12)9-2-3-13(18)14(19)6-9/h2-3,5-6,8,10,18-19,21H,4,7H2,1H3. The Morgan fingerprint density at radius 3 is 2.45 bits per heavy atom. The number of methoxy groups -OCH3 is 1. The van der Waals surface area contributed by atoms with Crippen molar-refractivity contribution in [2.24, 2.45) is 0 Å². The quantitative estimate of drug-likeness (QED) is 0.742. The Bertz CT molecular complexity index is 751. The second-order valence-electron chi connectivity index (χ2n) is 5.46. The van der Waals surface area contributed by atoms with Crippen LogP contribution < -0.4 is 4.74 Å². The lowest BCUT2D eigenvalue weighted by Gasteiger charge is -2.25. The molecule has 0 radical (unpaired) electrons. The van der Waals surface area contributed by atoms with Gasteiger partial charge in [-0.25, -0.2) is 0 Å². The number of benzene rings is 2. The lowest BCUT2D eigenvalue weighted by molar-refractivity contribution is 0.0961. The molecule has 0 aromatic heterocycles. The SMILES string of the molecule is COc1cc(O)c2c(c1)CC(c1ccc(O)c(O)c1)CC2=O. The molecule has 22 heavy (non-hydrogen) atoms. The number of phenols is 3. The lowest BCUT2D eigenvalue weighted by Crippen LogP contribution is -2.19. The zero-order valence-electron chi connectivity index (χ0n) is 12.0. The van der Waals surface area contributed by atoms with Gasteiger partial charge in [-0.1, -0.05) is 6.07 Å². The van der Waals surface area contributed by atoms with Gasteiger partial charge in [0.1, 0.15) is 11.5 Å². The second-order valence-corrected chi connectivity index (χ2v) is 5.46. The summed E-state index contributed by atoms with van der Waals surface area (Å²) in [6.45, 7) is 0. The predicted molar refractivity (Wildman–Crippen MR) is 79.8 cm³/mol. The van der Waals surface area contributed by atoms with Gasteiger partial charge in [0, 0.05) is 12.5 Å². The topological polar surface area (TPSA) is 87.0 Å². The molecular formula is C17H16O5. The second kappa shape index (κ2) is 5.26. The Labute approximate surface area is 127 Å². The van der Waals surface area contributed by atoms with Gasteiger partial charge in [-0.15, -0.1) is 0 Å². The number of ketones is 1. The molecule has 5 heteroatoms. The summed E-state index contributed by atoms with van der Waals surface area (Å²) in [4.78, 5) is 12.3. The number of ether oxygens (including phenoxy) is 1. The molecule has 3 N–H and O–H groups in total. The third-order valence-electron chi connectivity index (χ3n) is 4.06. The maximum Gasteiger partial charge on any atom is 0.167 e. The van der Waals surface area contributed by atoms with Crippen molar-refractivity contribution >= 4 is 5.78 Å². The first kappa shape index (κ1) is 14.3. The van der Waals surface area contributed by atoms with E-state index < -0.39 is 0 Å². The number of hydrogen-bond acceptors (Lipinski definition) is 5. The number of aromatic hydroxyl groups is 3. The van der Waals surface area contributed by atoms with E-state index in [0.29, 0.717) is 17.7 Å². The largest absolute Gasteiger partial charge is 0.507 e. The maximum atomic E-state index is 12.3. The number of hydrogen-bond donors (Lipinski definition) is 3. The van der Waals surface area contributed by atoms with E-state index in [4.69, 9.17) is 4.74 Å². The number of carbonyl (C=O) groups excluding carboxylic acids is 1. The fourth-order valence-electron chi connectivity index (χ4n) is 2.95. The van der Waals surface area contributed by atoms with Crippen LogP contribution in [0.1, 0.15) is 33.8 Å². The van der Waals surface area contributed by atoms with Crippen LogP contribution in [0.4, 0.5) is 0 Å². The molecule has 0 amide bonds. The van der Waals surface area contributed by atoms with Crippen molar-refractivity contribution in [3.8, 4) is 23.0 Å². The number of carbonyl (C=O) groups is 1. The van der Waals surface area contributed by atoms with E-state index in [1.807, 2.05) is 0 Å². The third-order valence-corrected chi connectivity index (χ3v) is 4.06. The van der Waals surface area contributed by atoms with Crippen molar-refractivity contribution in [2.75, 3.05) is 7.11 Å². The number of phenolic OH excluding ortho intramolecular Hbond substituents is 3. The summed E-state index contributed by atoms with van der Waals surface area (Å²) in [5.41, 5.74) is 1.85. The Morgan fingerprint density at radius 2 is 1.77 bits per heavy atom. The molecule has 0 aliphatic heterocycles. The monoisotopic (exact) mass is 300 g/mol. The molecule has 0 bridgehead atoms. The summed E-state index contributed by atoms with van der Waals surface area (Å²) in [5.74, 6) is -0.212.